The molecule has 1 aromatic rings. The maximum Gasteiger partial charge on any atom is 0.387 e. The fourth-order valence-electron chi connectivity index (χ4n) is 3.43. The lowest BCUT2D eigenvalue weighted by molar-refractivity contribution is -0.0505. The number of aliphatic imine (C=N–C) groups is 1. The van der Waals surface area contributed by atoms with E-state index in [9.17, 15) is 13.0 Å². The van der Waals surface area contributed by atoms with Crippen LogP contribution in [0.15, 0.2) is 23.2 Å². The van der Waals surface area contributed by atoms with Crippen molar-refractivity contribution in [1.29, 1.82) is 0 Å². The first-order valence-corrected chi connectivity index (χ1v) is 11.4. The molecule has 30 heavy (non-hydrogen) atoms. The van der Waals surface area contributed by atoms with Crippen LogP contribution < -0.4 is 20.1 Å². The molecule has 3 atom stereocenters. The SMILES string of the molecule is CCNC(=NCc1ccc(OC)cc1OC(F)F)NC1CCCC(S(=O)CC)C1.I. The number of benzene rings is 1. The average molecular weight is 559 g/mol. The lowest BCUT2D eigenvalue weighted by atomic mass is 9.95. The lowest BCUT2D eigenvalue weighted by Gasteiger charge is -2.30. The second-order valence-corrected chi connectivity index (χ2v) is 8.85. The highest BCUT2D eigenvalue weighted by molar-refractivity contribution is 14.0. The van der Waals surface area contributed by atoms with E-state index in [2.05, 4.69) is 20.4 Å². The van der Waals surface area contributed by atoms with Crippen molar-refractivity contribution < 1.29 is 22.5 Å². The van der Waals surface area contributed by atoms with Gasteiger partial charge >= 0.3 is 6.61 Å². The van der Waals surface area contributed by atoms with Gasteiger partial charge in [0.15, 0.2) is 5.96 Å². The van der Waals surface area contributed by atoms with E-state index in [1.807, 2.05) is 13.8 Å². The van der Waals surface area contributed by atoms with Crippen LogP contribution in [0.2, 0.25) is 0 Å². The average Bonchev–Trinajstić information content (AvgIpc) is 2.72. The van der Waals surface area contributed by atoms with Gasteiger partial charge < -0.3 is 20.1 Å². The molecule has 0 radical (unpaired) electrons. The third-order valence-corrected chi connectivity index (χ3v) is 6.61. The van der Waals surface area contributed by atoms with Crippen molar-refractivity contribution in [1.82, 2.24) is 10.6 Å². The molecule has 1 aliphatic carbocycles. The van der Waals surface area contributed by atoms with Crippen molar-refractivity contribution in [3.05, 3.63) is 23.8 Å². The highest BCUT2D eigenvalue weighted by Gasteiger charge is 2.26. The summed E-state index contributed by atoms with van der Waals surface area (Å²) in [5.74, 6) is 1.78. The Morgan fingerprint density at radius 3 is 2.73 bits per heavy atom. The van der Waals surface area contributed by atoms with Crippen LogP contribution >= 0.6 is 24.0 Å². The van der Waals surface area contributed by atoms with Crippen molar-refractivity contribution in [2.75, 3.05) is 19.4 Å². The molecule has 1 fully saturated rings. The van der Waals surface area contributed by atoms with Crippen LogP contribution in [0.3, 0.4) is 0 Å². The molecule has 0 aromatic heterocycles. The Bertz CT molecular complexity index is 710. The molecule has 0 heterocycles. The summed E-state index contributed by atoms with van der Waals surface area (Å²) in [6.07, 6.45) is 3.85. The number of guanidine groups is 1. The highest BCUT2D eigenvalue weighted by atomic mass is 127. The summed E-state index contributed by atoms with van der Waals surface area (Å²) in [4.78, 5) is 4.54. The van der Waals surface area contributed by atoms with Gasteiger partial charge in [0.1, 0.15) is 11.5 Å². The molecule has 1 aliphatic rings. The molecule has 6 nitrogen and oxygen atoms in total. The topological polar surface area (TPSA) is 72.0 Å². The van der Waals surface area contributed by atoms with Gasteiger partial charge in [-0.2, -0.15) is 8.78 Å². The Kier molecular flexibility index (Phi) is 12.5. The molecule has 0 aliphatic heterocycles. The number of hydrogen-bond donors (Lipinski definition) is 2. The number of methoxy groups -OCH3 is 1. The van der Waals surface area contributed by atoms with E-state index in [0.717, 1.165) is 25.7 Å². The zero-order valence-electron chi connectivity index (χ0n) is 17.7. The standard InChI is InChI=1S/C20H31F2N3O3S.HI/c1-4-23-20(25-15-7-6-8-17(11-15)29(26)5-2)24-13-14-9-10-16(27-3)12-18(14)28-19(21)22;/h9-10,12,15,17,19H,4-8,11,13H2,1-3H3,(H2,23,24,25);1H. The summed E-state index contributed by atoms with van der Waals surface area (Å²) in [7, 11) is 0.670. The predicted octanol–water partition coefficient (Wildman–Crippen LogP) is 4.05. The highest BCUT2D eigenvalue weighted by Crippen LogP contribution is 2.27. The van der Waals surface area contributed by atoms with Gasteiger partial charge in [-0.05, 0) is 38.3 Å². The number of nitrogens with zero attached hydrogens (tertiary/aromatic N) is 1. The van der Waals surface area contributed by atoms with Crippen LogP contribution in [-0.2, 0) is 17.3 Å². The van der Waals surface area contributed by atoms with Gasteiger partial charge in [0.2, 0.25) is 0 Å². The van der Waals surface area contributed by atoms with Crippen molar-refractivity contribution >= 4 is 40.7 Å². The quantitative estimate of drug-likeness (QED) is 0.272. The monoisotopic (exact) mass is 559 g/mol. The zero-order valence-corrected chi connectivity index (χ0v) is 20.8. The number of halogens is 3. The smallest absolute Gasteiger partial charge is 0.387 e. The molecule has 172 valence electrons. The molecular formula is C20H32F2IN3O3S. The number of rotatable bonds is 9. The minimum absolute atomic E-state index is 0. The third kappa shape index (κ3) is 8.52. The molecule has 0 spiro atoms. The summed E-state index contributed by atoms with van der Waals surface area (Å²) in [6.45, 7) is 1.85. The van der Waals surface area contributed by atoms with Crippen LogP contribution in [0.4, 0.5) is 8.78 Å². The predicted molar refractivity (Wildman–Crippen MR) is 128 cm³/mol. The second-order valence-electron chi connectivity index (χ2n) is 6.85. The van der Waals surface area contributed by atoms with Crippen LogP contribution in [0.25, 0.3) is 0 Å². The van der Waals surface area contributed by atoms with Crippen LogP contribution in [0, 0.1) is 0 Å². The number of hydrogen-bond acceptors (Lipinski definition) is 4. The number of ether oxygens (including phenoxy) is 2. The number of nitrogens with one attached hydrogen (secondary N) is 2. The molecule has 2 N–H and O–H groups in total. The van der Waals surface area contributed by atoms with E-state index in [-0.39, 0.29) is 47.6 Å². The van der Waals surface area contributed by atoms with Crippen molar-refractivity contribution in [3.8, 4) is 11.5 Å². The largest absolute Gasteiger partial charge is 0.497 e. The maximum atomic E-state index is 12.7. The summed E-state index contributed by atoms with van der Waals surface area (Å²) < 4.78 is 47.4. The van der Waals surface area contributed by atoms with E-state index < -0.39 is 17.4 Å². The molecule has 0 bridgehead atoms. The van der Waals surface area contributed by atoms with Gasteiger partial charge in [0.25, 0.3) is 0 Å². The molecule has 10 heteroatoms. The van der Waals surface area contributed by atoms with Crippen LogP contribution in [0.1, 0.15) is 45.1 Å². The fourth-order valence-corrected chi connectivity index (χ4v) is 4.77. The van der Waals surface area contributed by atoms with Gasteiger partial charge in [-0.15, -0.1) is 24.0 Å². The molecule has 1 aromatic carbocycles. The van der Waals surface area contributed by atoms with Crippen molar-refractivity contribution in [2.45, 2.75) is 64.0 Å². The van der Waals surface area contributed by atoms with Crippen molar-refractivity contribution in [2.24, 2.45) is 4.99 Å². The van der Waals surface area contributed by atoms with Crippen LogP contribution in [-0.4, -0.2) is 47.5 Å². The summed E-state index contributed by atoms with van der Waals surface area (Å²) >= 11 is 0. The fraction of sp³-hybridized carbons (Fsp3) is 0.650. The molecule has 0 saturated heterocycles. The summed E-state index contributed by atoms with van der Waals surface area (Å²) in [5, 5.41) is 6.81. The minimum Gasteiger partial charge on any atom is -0.497 e. The Morgan fingerprint density at radius 2 is 2.10 bits per heavy atom. The zero-order chi connectivity index (χ0) is 21.2. The molecule has 2 rings (SSSR count). The number of alkyl halides is 2. The van der Waals surface area contributed by atoms with E-state index in [0.29, 0.717) is 29.6 Å². The van der Waals surface area contributed by atoms with Gasteiger partial charge in [0.05, 0.1) is 13.7 Å². The Balaban J connectivity index is 0.00000450. The van der Waals surface area contributed by atoms with E-state index in [1.54, 1.807) is 12.1 Å². The van der Waals surface area contributed by atoms with Crippen LogP contribution in [0.5, 0.6) is 11.5 Å². The van der Waals surface area contributed by atoms with Gasteiger partial charge in [-0.3, -0.25) is 4.21 Å². The normalized spacial score (nSPS) is 20.3. The van der Waals surface area contributed by atoms with Gasteiger partial charge in [-0.1, -0.05) is 13.3 Å². The molecular weight excluding hydrogens is 527 g/mol. The van der Waals surface area contributed by atoms with E-state index >= 15 is 0 Å². The lowest BCUT2D eigenvalue weighted by Crippen LogP contribution is -2.46. The summed E-state index contributed by atoms with van der Waals surface area (Å²) in [5.41, 5.74) is 0.539. The Labute approximate surface area is 197 Å². The van der Waals surface area contributed by atoms with E-state index in [1.165, 1.54) is 13.2 Å². The van der Waals surface area contributed by atoms with Crippen molar-refractivity contribution in [3.63, 3.8) is 0 Å². The Morgan fingerprint density at radius 1 is 1.33 bits per heavy atom. The summed E-state index contributed by atoms with van der Waals surface area (Å²) in [6, 6.07) is 4.98. The maximum absolute atomic E-state index is 12.7. The third-order valence-electron chi connectivity index (χ3n) is 4.87. The second kappa shape index (κ2) is 14.0. The molecule has 3 unspecified atom stereocenters. The first kappa shape index (κ1) is 26.9. The Hall–Kier alpha value is -1.17. The van der Waals surface area contributed by atoms with E-state index in [4.69, 9.17) is 4.74 Å². The first-order valence-electron chi connectivity index (χ1n) is 10.0. The van der Waals surface area contributed by atoms with Gasteiger partial charge in [0, 0.05) is 46.0 Å². The molecule has 1 saturated carbocycles. The minimum atomic E-state index is -2.92. The molecule has 0 amide bonds. The first-order chi connectivity index (χ1) is 14.0. The van der Waals surface area contributed by atoms with Gasteiger partial charge in [-0.25, -0.2) is 4.99 Å².